The maximum Gasteiger partial charge on any atom is 0.120 e. The van der Waals surface area contributed by atoms with Gasteiger partial charge in [-0.2, -0.15) is 0 Å². The van der Waals surface area contributed by atoms with Gasteiger partial charge in [-0.3, -0.25) is 0 Å². The quantitative estimate of drug-likeness (QED) is 0.811. The summed E-state index contributed by atoms with van der Waals surface area (Å²) in [4.78, 5) is 0. The Bertz CT molecular complexity index is 574. The van der Waals surface area contributed by atoms with Gasteiger partial charge in [0.05, 0.1) is 6.04 Å². The average molecular weight is 301 g/mol. The Labute approximate surface area is 133 Å². The highest BCUT2D eigenvalue weighted by atomic mass is 16.3. The topological polar surface area (TPSA) is 45.4 Å². The Morgan fingerprint density at radius 3 is 2.36 bits per heavy atom. The minimum atomic E-state index is -0.187. The summed E-state index contributed by atoms with van der Waals surface area (Å²) in [6.07, 6.45) is 0. The fourth-order valence-electron chi connectivity index (χ4n) is 2.72. The van der Waals surface area contributed by atoms with E-state index in [9.17, 15) is 5.11 Å². The van der Waals surface area contributed by atoms with Gasteiger partial charge in [0, 0.05) is 19.1 Å². The first-order valence-electron chi connectivity index (χ1n) is 7.89. The summed E-state index contributed by atoms with van der Waals surface area (Å²) < 4.78 is 5.68. The third kappa shape index (κ3) is 3.99. The van der Waals surface area contributed by atoms with Crippen LogP contribution in [0.4, 0.5) is 0 Å². The fraction of sp³-hybridized carbons (Fsp3) is 0.474. The first kappa shape index (κ1) is 16.8. The third-order valence-corrected chi connectivity index (χ3v) is 4.37. The van der Waals surface area contributed by atoms with E-state index in [-0.39, 0.29) is 24.0 Å². The highest BCUT2D eigenvalue weighted by Gasteiger charge is 2.30. The Hall–Kier alpha value is -1.58. The van der Waals surface area contributed by atoms with Crippen molar-refractivity contribution in [3.8, 4) is 0 Å². The molecule has 22 heavy (non-hydrogen) atoms. The van der Waals surface area contributed by atoms with Gasteiger partial charge in [0.15, 0.2) is 0 Å². The molecule has 3 nitrogen and oxygen atoms in total. The molecule has 0 fully saturated rings. The molecule has 2 unspecified atom stereocenters. The molecule has 2 atom stereocenters. The van der Waals surface area contributed by atoms with Crippen LogP contribution in [0.2, 0.25) is 0 Å². The van der Waals surface area contributed by atoms with Gasteiger partial charge in [-0.25, -0.2) is 0 Å². The van der Waals surface area contributed by atoms with E-state index in [1.807, 2.05) is 25.1 Å². The van der Waals surface area contributed by atoms with E-state index in [1.54, 1.807) is 0 Å². The van der Waals surface area contributed by atoms with Gasteiger partial charge in [0.1, 0.15) is 11.5 Å². The third-order valence-electron chi connectivity index (χ3n) is 4.37. The molecule has 0 amide bonds. The molecule has 0 spiro atoms. The highest BCUT2D eigenvalue weighted by molar-refractivity contribution is 5.22. The Morgan fingerprint density at radius 1 is 1.14 bits per heavy atom. The Kier molecular flexibility index (Phi) is 5.43. The van der Waals surface area contributed by atoms with Crippen LogP contribution in [-0.2, 0) is 0 Å². The van der Waals surface area contributed by atoms with Gasteiger partial charge in [0.2, 0.25) is 0 Å². The normalized spacial score (nSPS) is 14.8. The van der Waals surface area contributed by atoms with E-state index in [0.29, 0.717) is 0 Å². The molecule has 2 rings (SSSR count). The predicted octanol–water partition coefficient (Wildman–Crippen LogP) is 4.04. The summed E-state index contributed by atoms with van der Waals surface area (Å²) in [5.74, 6) is 2.11. The van der Waals surface area contributed by atoms with Crippen molar-refractivity contribution in [3.63, 3.8) is 0 Å². The van der Waals surface area contributed by atoms with Crippen molar-refractivity contribution in [1.82, 2.24) is 5.32 Å². The minimum absolute atomic E-state index is 0.148. The van der Waals surface area contributed by atoms with E-state index >= 15 is 0 Å². The Balaban J connectivity index is 2.10. The largest absolute Gasteiger partial charge is 0.465 e. The predicted molar refractivity (Wildman–Crippen MR) is 89.9 cm³/mol. The first-order valence-corrected chi connectivity index (χ1v) is 7.89. The molecule has 0 aliphatic rings. The smallest absolute Gasteiger partial charge is 0.120 e. The first-order chi connectivity index (χ1) is 10.4. The number of aliphatic hydroxyl groups is 1. The minimum Gasteiger partial charge on any atom is -0.465 e. The zero-order valence-corrected chi connectivity index (χ0v) is 14.0. The molecule has 120 valence electrons. The molecule has 1 aromatic carbocycles. The maximum absolute atomic E-state index is 9.77. The summed E-state index contributed by atoms with van der Waals surface area (Å²) in [6, 6.07) is 14.5. The van der Waals surface area contributed by atoms with Gasteiger partial charge in [-0.05, 0) is 37.0 Å². The van der Waals surface area contributed by atoms with Crippen molar-refractivity contribution >= 4 is 0 Å². The highest BCUT2D eigenvalue weighted by Crippen LogP contribution is 2.35. The fourth-order valence-corrected chi connectivity index (χ4v) is 2.72. The van der Waals surface area contributed by atoms with Crippen LogP contribution in [0.3, 0.4) is 0 Å². The molecule has 0 saturated heterocycles. The number of benzene rings is 1. The zero-order chi connectivity index (χ0) is 16.2. The maximum atomic E-state index is 9.77. The molecule has 2 aromatic rings. The van der Waals surface area contributed by atoms with Crippen LogP contribution in [0.15, 0.2) is 46.9 Å². The van der Waals surface area contributed by atoms with Gasteiger partial charge in [-0.15, -0.1) is 0 Å². The lowest BCUT2D eigenvalue weighted by molar-refractivity contribution is 0.127. The van der Waals surface area contributed by atoms with Crippen LogP contribution in [0.1, 0.15) is 49.8 Å². The number of furan rings is 1. The molecule has 0 radical (unpaired) electrons. The number of rotatable bonds is 7. The van der Waals surface area contributed by atoms with Crippen molar-refractivity contribution < 1.29 is 9.52 Å². The number of hydrogen-bond donors (Lipinski definition) is 2. The molecule has 0 aliphatic heterocycles. The van der Waals surface area contributed by atoms with Crippen molar-refractivity contribution in [2.45, 2.75) is 39.7 Å². The molecule has 0 aliphatic carbocycles. The van der Waals surface area contributed by atoms with Crippen LogP contribution in [0.5, 0.6) is 0 Å². The van der Waals surface area contributed by atoms with Gasteiger partial charge in [0.25, 0.3) is 0 Å². The number of hydrogen-bond acceptors (Lipinski definition) is 3. The molecule has 2 N–H and O–H groups in total. The van der Waals surface area contributed by atoms with Gasteiger partial charge >= 0.3 is 0 Å². The summed E-state index contributed by atoms with van der Waals surface area (Å²) in [5.41, 5.74) is 1.06. The average Bonchev–Trinajstić information content (AvgIpc) is 2.95. The van der Waals surface area contributed by atoms with Crippen molar-refractivity contribution in [2.75, 3.05) is 13.2 Å². The van der Waals surface area contributed by atoms with Crippen molar-refractivity contribution in [1.29, 1.82) is 0 Å². The van der Waals surface area contributed by atoms with Crippen molar-refractivity contribution in [2.24, 2.45) is 5.41 Å². The molecule has 0 saturated carbocycles. The summed E-state index contributed by atoms with van der Waals surface area (Å²) in [6.45, 7) is 9.22. The van der Waals surface area contributed by atoms with E-state index in [1.165, 1.54) is 5.56 Å². The second-order valence-corrected chi connectivity index (χ2v) is 6.69. The standard InChI is InChI=1S/C19H27NO2/c1-14-10-11-18(22-14)15(2)20-12-17(19(3,4)13-21)16-8-6-5-7-9-16/h5-11,15,17,20-21H,12-13H2,1-4H3. The Morgan fingerprint density at radius 2 is 1.82 bits per heavy atom. The number of aryl methyl sites for hydroxylation is 1. The zero-order valence-electron chi connectivity index (χ0n) is 14.0. The van der Waals surface area contributed by atoms with E-state index in [4.69, 9.17) is 4.42 Å². The van der Waals surface area contributed by atoms with E-state index in [0.717, 1.165) is 18.1 Å². The molecule has 0 bridgehead atoms. The summed E-state index contributed by atoms with van der Waals surface area (Å²) in [5, 5.41) is 13.3. The second kappa shape index (κ2) is 7.12. The van der Waals surface area contributed by atoms with Crippen LogP contribution >= 0.6 is 0 Å². The van der Waals surface area contributed by atoms with E-state index in [2.05, 4.69) is 50.4 Å². The lowest BCUT2D eigenvalue weighted by atomic mass is 9.75. The van der Waals surface area contributed by atoms with Crippen molar-refractivity contribution in [3.05, 3.63) is 59.5 Å². The molecular weight excluding hydrogens is 274 g/mol. The number of nitrogens with one attached hydrogen (secondary N) is 1. The van der Waals surface area contributed by atoms with Gasteiger partial charge < -0.3 is 14.8 Å². The van der Waals surface area contributed by atoms with Crippen LogP contribution in [0.25, 0.3) is 0 Å². The van der Waals surface area contributed by atoms with E-state index < -0.39 is 0 Å². The SMILES string of the molecule is Cc1ccc(C(C)NCC(c2ccccc2)C(C)(C)CO)o1. The van der Waals surface area contributed by atoms with Crippen LogP contribution < -0.4 is 5.32 Å². The number of aliphatic hydroxyl groups excluding tert-OH is 1. The van der Waals surface area contributed by atoms with Gasteiger partial charge in [-0.1, -0.05) is 44.2 Å². The summed E-state index contributed by atoms with van der Waals surface area (Å²) in [7, 11) is 0. The lowest BCUT2D eigenvalue weighted by Crippen LogP contribution is -2.35. The molecular formula is C19H27NO2. The summed E-state index contributed by atoms with van der Waals surface area (Å²) >= 11 is 0. The second-order valence-electron chi connectivity index (χ2n) is 6.69. The van der Waals surface area contributed by atoms with Crippen LogP contribution in [0, 0.1) is 12.3 Å². The molecule has 1 aromatic heterocycles. The lowest BCUT2D eigenvalue weighted by Gasteiger charge is -2.34. The van der Waals surface area contributed by atoms with Crippen LogP contribution in [-0.4, -0.2) is 18.3 Å². The molecule has 1 heterocycles. The molecule has 3 heteroatoms. The monoisotopic (exact) mass is 301 g/mol.